The quantitative estimate of drug-likeness (QED) is 0.210. The Hall–Kier alpha value is -3.95. The lowest BCUT2D eigenvalue weighted by atomic mass is 9.94. The predicted molar refractivity (Wildman–Crippen MR) is 158 cm³/mol. The van der Waals surface area contributed by atoms with E-state index in [1.165, 1.54) is 6.08 Å². The molecule has 0 aliphatic rings. The van der Waals surface area contributed by atoms with Gasteiger partial charge in [0.15, 0.2) is 0 Å². The number of benzene rings is 3. The van der Waals surface area contributed by atoms with Gasteiger partial charge in [-0.15, -0.1) is 0 Å². The van der Waals surface area contributed by atoms with Gasteiger partial charge in [0.2, 0.25) is 11.8 Å². The number of ether oxygens (including phenoxy) is 1. The van der Waals surface area contributed by atoms with Gasteiger partial charge in [0.05, 0.1) is 17.3 Å². The Labute approximate surface area is 236 Å². The molecule has 39 heavy (non-hydrogen) atoms. The minimum atomic E-state index is -0.651. The molecular weight excluding hydrogens is 562 g/mol. The first kappa shape index (κ1) is 29.6. The zero-order valence-corrected chi connectivity index (χ0v) is 23.6. The molecule has 3 amide bonds. The Morgan fingerprint density at radius 1 is 0.897 bits per heavy atom. The van der Waals surface area contributed by atoms with Crippen LogP contribution in [0.25, 0.3) is 6.08 Å². The van der Waals surface area contributed by atoms with Crippen LogP contribution in [-0.2, 0) is 14.3 Å². The molecule has 0 radical (unpaired) electrons. The van der Waals surface area contributed by atoms with Crippen LogP contribution in [-0.4, -0.2) is 35.2 Å². The van der Waals surface area contributed by atoms with Gasteiger partial charge >= 0.3 is 6.09 Å². The van der Waals surface area contributed by atoms with Gasteiger partial charge in [-0.25, -0.2) is 4.79 Å². The van der Waals surface area contributed by atoms with Gasteiger partial charge in [0.25, 0.3) is 0 Å². The lowest BCUT2D eigenvalue weighted by Gasteiger charge is -2.20. The number of nitrogens with one attached hydrogen (secondary N) is 3. The van der Waals surface area contributed by atoms with Crippen LogP contribution in [0.15, 0.2) is 83.3 Å². The van der Waals surface area contributed by atoms with E-state index in [0.717, 1.165) is 15.6 Å². The van der Waals surface area contributed by atoms with Gasteiger partial charge in [-0.3, -0.25) is 14.9 Å². The molecule has 0 saturated heterocycles. The normalized spacial score (nSPS) is 12.0. The van der Waals surface area contributed by atoms with Crippen LogP contribution >= 0.6 is 15.9 Å². The third-order valence-electron chi connectivity index (χ3n) is 5.43. The molecule has 0 fully saturated rings. The standard InChI is InChI=1S/C30H32BrN3O5/c1-30(2,3)39-29(38)34-26-7-5-4-6-25(26)33-27(36)17-10-20-8-11-21(12-9-20)24(18-19-35)28(37)32-23-15-13-22(31)14-16-23/h4-17,24,35H,18-19H2,1-3H3,(H,32,37)(H,33,36)(H,34,38). The SMILES string of the molecule is CC(C)(C)OC(=O)Nc1ccccc1NC(=O)C=Cc1ccc(C(CCO)C(=O)Nc2ccc(Br)cc2)cc1. The topological polar surface area (TPSA) is 117 Å². The maximum absolute atomic E-state index is 12.9. The number of halogens is 1. The highest BCUT2D eigenvalue weighted by Crippen LogP contribution is 2.24. The number of aliphatic hydroxyl groups is 1. The molecule has 8 nitrogen and oxygen atoms in total. The van der Waals surface area contributed by atoms with Crippen molar-refractivity contribution in [2.45, 2.75) is 38.7 Å². The fraction of sp³-hybridized carbons (Fsp3) is 0.233. The highest BCUT2D eigenvalue weighted by atomic mass is 79.9. The highest BCUT2D eigenvalue weighted by molar-refractivity contribution is 9.10. The maximum atomic E-state index is 12.9. The summed E-state index contributed by atoms with van der Waals surface area (Å²) in [6, 6.07) is 21.3. The van der Waals surface area contributed by atoms with Crippen LogP contribution in [0.4, 0.5) is 21.9 Å². The van der Waals surface area contributed by atoms with E-state index in [1.807, 2.05) is 12.1 Å². The third kappa shape index (κ3) is 9.70. The van der Waals surface area contributed by atoms with Gasteiger partial charge in [-0.2, -0.15) is 0 Å². The molecule has 1 unspecified atom stereocenters. The van der Waals surface area contributed by atoms with E-state index >= 15 is 0 Å². The van der Waals surface area contributed by atoms with Gasteiger partial charge in [0.1, 0.15) is 5.60 Å². The summed E-state index contributed by atoms with van der Waals surface area (Å²) in [7, 11) is 0. The zero-order chi connectivity index (χ0) is 28.4. The fourth-order valence-corrected chi connectivity index (χ4v) is 3.91. The molecule has 0 heterocycles. The third-order valence-corrected chi connectivity index (χ3v) is 5.96. The highest BCUT2D eigenvalue weighted by Gasteiger charge is 2.20. The van der Waals surface area contributed by atoms with E-state index < -0.39 is 17.6 Å². The molecule has 0 aliphatic carbocycles. The van der Waals surface area contributed by atoms with Crippen molar-refractivity contribution in [3.05, 3.63) is 94.5 Å². The van der Waals surface area contributed by atoms with E-state index in [2.05, 4.69) is 31.9 Å². The van der Waals surface area contributed by atoms with E-state index in [0.29, 0.717) is 17.1 Å². The average Bonchev–Trinajstić information content (AvgIpc) is 2.88. The Bertz CT molecular complexity index is 1320. The van der Waals surface area contributed by atoms with Gasteiger partial charge < -0.3 is 20.5 Å². The van der Waals surface area contributed by atoms with Crippen molar-refractivity contribution in [2.75, 3.05) is 22.6 Å². The molecule has 0 bridgehead atoms. The summed E-state index contributed by atoms with van der Waals surface area (Å²) in [4.78, 5) is 37.6. The van der Waals surface area contributed by atoms with Crippen molar-refractivity contribution in [1.82, 2.24) is 0 Å². The minimum Gasteiger partial charge on any atom is -0.444 e. The van der Waals surface area contributed by atoms with Crippen LogP contribution in [0, 0.1) is 0 Å². The summed E-state index contributed by atoms with van der Waals surface area (Å²) in [6.07, 6.45) is 2.68. The number of aliphatic hydroxyl groups excluding tert-OH is 1. The molecule has 4 N–H and O–H groups in total. The first-order valence-corrected chi connectivity index (χ1v) is 13.2. The van der Waals surface area contributed by atoms with Crippen molar-refractivity contribution < 1.29 is 24.2 Å². The fourth-order valence-electron chi connectivity index (χ4n) is 3.64. The summed E-state index contributed by atoms with van der Waals surface area (Å²) in [5.74, 6) is -1.13. The number of rotatable bonds is 9. The smallest absolute Gasteiger partial charge is 0.412 e. The Balaban J connectivity index is 1.63. The Morgan fingerprint density at radius 2 is 1.51 bits per heavy atom. The first-order valence-electron chi connectivity index (χ1n) is 12.4. The average molecular weight is 595 g/mol. The zero-order valence-electron chi connectivity index (χ0n) is 22.0. The largest absolute Gasteiger partial charge is 0.444 e. The number of para-hydroxylation sites is 2. The molecule has 204 valence electrons. The van der Waals surface area contributed by atoms with Crippen molar-refractivity contribution in [1.29, 1.82) is 0 Å². The number of carbonyl (C=O) groups excluding carboxylic acids is 3. The second-order valence-corrected chi connectivity index (χ2v) is 10.6. The van der Waals surface area contributed by atoms with E-state index in [1.54, 1.807) is 87.5 Å². The van der Waals surface area contributed by atoms with Crippen molar-refractivity contribution in [3.63, 3.8) is 0 Å². The summed E-state index contributed by atoms with van der Waals surface area (Å²) < 4.78 is 6.19. The van der Waals surface area contributed by atoms with Crippen LogP contribution < -0.4 is 16.0 Å². The number of amides is 3. The number of hydrogen-bond donors (Lipinski definition) is 4. The molecule has 0 saturated carbocycles. The monoisotopic (exact) mass is 593 g/mol. The molecule has 3 aromatic rings. The number of hydrogen-bond acceptors (Lipinski definition) is 5. The lowest BCUT2D eigenvalue weighted by molar-refractivity contribution is -0.118. The van der Waals surface area contributed by atoms with Gasteiger partial charge in [-0.05, 0) is 80.8 Å². The number of anilines is 3. The predicted octanol–water partition coefficient (Wildman–Crippen LogP) is 6.55. The van der Waals surface area contributed by atoms with E-state index in [-0.39, 0.29) is 24.8 Å². The first-order chi connectivity index (χ1) is 18.5. The summed E-state index contributed by atoms with van der Waals surface area (Å²) in [5.41, 5.74) is 2.36. The van der Waals surface area contributed by atoms with Crippen molar-refractivity contribution in [2.24, 2.45) is 0 Å². The summed E-state index contributed by atoms with van der Waals surface area (Å²) in [6.45, 7) is 5.17. The molecule has 0 aromatic heterocycles. The Kier molecular flexibility index (Phi) is 10.4. The Morgan fingerprint density at radius 3 is 2.10 bits per heavy atom. The number of carbonyl (C=O) groups is 3. The second-order valence-electron chi connectivity index (χ2n) is 9.72. The minimum absolute atomic E-state index is 0.134. The van der Waals surface area contributed by atoms with Crippen molar-refractivity contribution in [3.8, 4) is 0 Å². The van der Waals surface area contributed by atoms with Gasteiger partial charge in [0, 0.05) is 22.8 Å². The molecule has 0 spiro atoms. The molecular formula is C30H32BrN3O5. The van der Waals surface area contributed by atoms with Crippen LogP contribution in [0.3, 0.4) is 0 Å². The van der Waals surface area contributed by atoms with Gasteiger partial charge in [-0.1, -0.05) is 52.3 Å². The summed E-state index contributed by atoms with van der Waals surface area (Å²) in [5, 5.41) is 17.8. The van der Waals surface area contributed by atoms with Crippen LogP contribution in [0.5, 0.6) is 0 Å². The molecule has 3 rings (SSSR count). The molecule has 1 atom stereocenters. The molecule has 9 heteroatoms. The van der Waals surface area contributed by atoms with Crippen LogP contribution in [0.2, 0.25) is 0 Å². The lowest BCUT2D eigenvalue weighted by Crippen LogP contribution is -2.27. The molecule has 3 aromatic carbocycles. The van der Waals surface area contributed by atoms with E-state index in [9.17, 15) is 19.5 Å². The molecule has 0 aliphatic heterocycles. The van der Waals surface area contributed by atoms with E-state index in [4.69, 9.17) is 4.74 Å². The summed E-state index contributed by atoms with van der Waals surface area (Å²) >= 11 is 3.37. The van der Waals surface area contributed by atoms with Crippen molar-refractivity contribution >= 4 is 57.0 Å². The van der Waals surface area contributed by atoms with Crippen LogP contribution in [0.1, 0.15) is 44.2 Å². The second kappa shape index (κ2) is 13.7. The maximum Gasteiger partial charge on any atom is 0.412 e.